The van der Waals surface area contributed by atoms with Gasteiger partial charge in [0.1, 0.15) is 0 Å². The molecule has 2 rings (SSSR count). The Hall–Kier alpha value is -1.48. The molecule has 0 aliphatic carbocycles. The highest BCUT2D eigenvalue weighted by atomic mass is 35.5. The molecular formula is C12H14ClN3. The van der Waals surface area contributed by atoms with Crippen LogP contribution in [0.2, 0.25) is 5.02 Å². The number of aryl methyl sites for hydroxylation is 1. The number of hydrogen-bond acceptors (Lipinski definition) is 2. The Labute approximate surface area is 100 Å². The van der Waals surface area contributed by atoms with Crippen LogP contribution in [0.15, 0.2) is 36.7 Å². The smallest absolute Gasteiger partial charge is 0.207 e. The van der Waals surface area contributed by atoms with Gasteiger partial charge in [-0.15, -0.1) is 0 Å². The first-order valence-corrected chi connectivity index (χ1v) is 5.71. The van der Waals surface area contributed by atoms with E-state index in [0.717, 1.165) is 24.6 Å². The second kappa shape index (κ2) is 5.03. The van der Waals surface area contributed by atoms with Crippen LogP contribution in [0.1, 0.15) is 13.3 Å². The van der Waals surface area contributed by atoms with Crippen molar-refractivity contribution in [1.29, 1.82) is 0 Å². The molecule has 0 saturated carbocycles. The van der Waals surface area contributed by atoms with Crippen molar-refractivity contribution < 1.29 is 0 Å². The fourth-order valence-corrected chi connectivity index (χ4v) is 1.72. The second-order valence-corrected chi connectivity index (χ2v) is 3.96. The number of imidazole rings is 1. The molecule has 0 aliphatic heterocycles. The second-order valence-electron chi connectivity index (χ2n) is 3.55. The van der Waals surface area contributed by atoms with Crippen molar-refractivity contribution in [2.24, 2.45) is 0 Å². The van der Waals surface area contributed by atoms with Gasteiger partial charge in [-0.3, -0.25) is 0 Å². The molecular weight excluding hydrogens is 222 g/mol. The zero-order chi connectivity index (χ0) is 11.4. The molecule has 0 spiro atoms. The number of nitrogens with one attached hydrogen (secondary N) is 1. The predicted octanol–water partition coefficient (Wildman–Crippen LogP) is 3.69. The van der Waals surface area contributed by atoms with Gasteiger partial charge in [0.25, 0.3) is 0 Å². The van der Waals surface area contributed by atoms with Gasteiger partial charge < -0.3 is 9.88 Å². The largest absolute Gasteiger partial charge is 0.324 e. The van der Waals surface area contributed by atoms with Crippen molar-refractivity contribution in [3.8, 4) is 0 Å². The standard InChI is InChI=1S/C12H14ClN3/c1-2-8-16-9-7-14-12(16)15-11-6-4-3-5-10(11)13/h3-7,9H,2,8H2,1H3,(H,14,15). The number of hydrogen-bond donors (Lipinski definition) is 1. The van der Waals surface area contributed by atoms with Gasteiger partial charge in [0.05, 0.1) is 10.7 Å². The molecule has 3 nitrogen and oxygen atoms in total. The highest BCUT2D eigenvalue weighted by Crippen LogP contribution is 2.23. The van der Waals surface area contributed by atoms with E-state index in [9.17, 15) is 0 Å². The third-order valence-electron chi connectivity index (χ3n) is 2.30. The lowest BCUT2D eigenvalue weighted by Gasteiger charge is -2.09. The van der Waals surface area contributed by atoms with E-state index in [0.29, 0.717) is 5.02 Å². The lowest BCUT2D eigenvalue weighted by molar-refractivity contribution is 0.686. The van der Waals surface area contributed by atoms with Crippen LogP contribution in [-0.2, 0) is 6.54 Å². The number of halogens is 1. The summed E-state index contributed by atoms with van der Waals surface area (Å²) < 4.78 is 2.07. The van der Waals surface area contributed by atoms with Crippen LogP contribution in [-0.4, -0.2) is 9.55 Å². The third kappa shape index (κ3) is 2.36. The molecule has 1 aromatic carbocycles. The third-order valence-corrected chi connectivity index (χ3v) is 2.63. The molecule has 1 aromatic heterocycles. The molecule has 1 N–H and O–H groups in total. The number of nitrogens with zero attached hydrogens (tertiary/aromatic N) is 2. The van der Waals surface area contributed by atoms with E-state index < -0.39 is 0 Å². The highest BCUT2D eigenvalue weighted by Gasteiger charge is 2.04. The molecule has 16 heavy (non-hydrogen) atoms. The zero-order valence-electron chi connectivity index (χ0n) is 9.15. The van der Waals surface area contributed by atoms with Gasteiger partial charge in [0.15, 0.2) is 0 Å². The summed E-state index contributed by atoms with van der Waals surface area (Å²) in [5, 5.41) is 3.93. The van der Waals surface area contributed by atoms with E-state index in [1.165, 1.54) is 0 Å². The maximum atomic E-state index is 6.07. The summed E-state index contributed by atoms with van der Waals surface area (Å²) in [5.74, 6) is 0.829. The average Bonchev–Trinajstić information content (AvgIpc) is 2.70. The van der Waals surface area contributed by atoms with Crippen LogP contribution in [0.4, 0.5) is 11.6 Å². The first-order valence-electron chi connectivity index (χ1n) is 5.34. The minimum Gasteiger partial charge on any atom is -0.324 e. The Kier molecular flexibility index (Phi) is 3.47. The Morgan fingerprint density at radius 2 is 2.19 bits per heavy atom. The maximum Gasteiger partial charge on any atom is 0.207 e. The van der Waals surface area contributed by atoms with Crippen molar-refractivity contribution >= 4 is 23.2 Å². The van der Waals surface area contributed by atoms with Crippen LogP contribution >= 0.6 is 11.6 Å². The van der Waals surface area contributed by atoms with Crippen molar-refractivity contribution in [3.05, 3.63) is 41.7 Å². The summed E-state index contributed by atoms with van der Waals surface area (Å²) in [6.45, 7) is 3.09. The van der Waals surface area contributed by atoms with Crippen molar-refractivity contribution in [3.63, 3.8) is 0 Å². The maximum absolute atomic E-state index is 6.07. The molecule has 0 bridgehead atoms. The fraction of sp³-hybridized carbons (Fsp3) is 0.250. The number of para-hydroxylation sites is 1. The molecule has 0 fully saturated rings. The Balaban J connectivity index is 2.20. The van der Waals surface area contributed by atoms with Gasteiger partial charge in [-0.1, -0.05) is 30.7 Å². The molecule has 0 unspecified atom stereocenters. The molecule has 1 heterocycles. The van der Waals surface area contributed by atoms with Crippen LogP contribution < -0.4 is 5.32 Å². The Bertz CT molecular complexity index is 465. The SMILES string of the molecule is CCCn1ccnc1Nc1ccccc1Cl. The van der Waals surface area contributed by atoms with Gasteiger partial charge in [-0.05, 0) is 18.6 Å². The Morgan fingerprint density at radius 1 is 1.38 bits per heavy atom. The normalized spacial score (nSPS) is 10.4. The van der Waals surface area contributed by atoms with Gasteiger partial charge in [-0.25, -0.2) is 4.98 Å². The monoisotopic (exact) mass is 235 g/mol. The molecule has 0 aliphatic rings. The molecule has 2 aromatic rings. The van der Waals surface area contributed by atoms with Gasteiger partial charge >= 0.3 is 0 Å². The highest BCUT2D eigenvalue weighted by molar-refractivity contribution is 6.33. The van der Waals surface area contributed by atoms with Crippen molar-refractivity contribution in [1.82, 2.24) is 9.55 Å². The van der Waals surface area contributed by atoms with E-state index in [2.05, 4.69) is 21.8 Å². The summed E-state index contributed by atoms with van der Waals surface area (Å²) >= 11 is 6.07. The van der Waals surface area contributed by atoms with Gasteiger partial charge in [0, 0.05) is 18.9 Å². The molecule has 0 radical (unpaired) electrons. The summed E-state index contributed by atoms with van der Waals surface area (Å²) in [6.07, 6.45) is 4.82. The zero-order valence-corrected chi connectivity index (χ0v) is 9.91. The van der Waals surface area contributed by atoms with Crippen LogP contribution in [0.25, 0.3) is 0 Å². The number of benzene rings is 1. The lowest BCUT2D eigenvalue weighted by Crippen LogP contribution is -2.02. The summed E-state index contributed by atoms with van der Waals surface area (Å²) in [4.78, 5) is 4.26. The topological polar surface area (TPSA) is 29.9 Å². The summed E-state index contributed by atoms with van der Waals surface area (Å²) in [6, 6.07) is 7.65. The quantitative estimate of drug-likeness (QED) is 0.876. The Morgan fingerprint density at radius 3 is 2.94 bits per heavy atom. The number of anilines is 2. The van der Waals surface area contributed by atoms with E-state index in [1.807, 2.05) is 30.5 Å². The van der Waals surface area contributed by atoms with E-state index in [-0.39, 0.29) is 0 Å². The van der Waals surface area contributed by atoms with E-state index in [4.69, 9.17) is 11.6 Å². The molecule has 0 atom stereocenters. The first-order chi connectivity index (χ1) is 7.81. The number of aromatic nitrogens is 2. The lowest BCUT2D eigenvalue weighted by atomic mass is 10.3. The van der Waals surface area contributed by atoms with Crippen LogP contribution in [0.5, 0.6) is 0 Å². The van der Waals surface area contributed by atoms with E-state index in [1.54, 1.807) is 6.20 Å². The molecule has 84 valence electrons. The van der Waals surface area contributed by atoms with Crippen molar-refractivity contribution in [2.45, 2.75) is 19.9 Å². The molecule has 4 heteroatoms. The minimum absolute atomic E-state index is 0.702. The van der Waals surface area contributed by atoms with Crippen LogP contribution in [0, 0.1) is 0 Å². The van der Waals surface area contributed by atoms with Gasteiger partial charge in [0.2, 0.25) is 5.95 Å². The molecule has 0 saturated heterocycles. The fourth-order valence-electron chi connectivity index (χ4n) is 1.54. The minimum atomic E-state index is 0.702. The predicted molar refractivity (Wildman–Crippen MR) is 67.3 cm³/mol. The molecule has 0 amide bonds. The van der Waals surface area contributed by atoms with Crippen molar-refractivity contribution in [2.75, 3.05) is 5.32 Å². The number of rotatable bonds is 4. The first kappa shape index (κ1) is 11.0. The summed E-state index contributed by atoms with van der Waals surface area (Å²) in [5.41, 5.74) is 0.882. The van der Waals surface area contributed by atoms with Crippen LogP contribution in [0.3, 0.4) is 0 Å². The van der Waals surface area contributed by atoms with E-state index >= 15 is 0 Å². The average molecular weight is 236 g/mol. The van der Waals surface area contributed by atoms with Gasteiger partial charge in [-0.2, -0.15) is 0 Å². The summed E-state index contributed by atoms with van der Waals surface area (Å²) in [7, 11) is 0.